The molecule has 0 aliphatic carbocycles. The summed E-state index contributed by atoms with van der Waals surface area (Å²) in [6.07, 6.45) is 0. The largest absolute Gasteiger partial charge is 0.303 e. The Kier molecular flexibility index (Phi) is 7.84. The number of benzene rings is 1. The fourth-order valence-electron chi connectivity index (χ4n) is 1.65. The molecular formula is C14H19Cl2NOS. The molecule has 0 spiro atoms. The lowest BCUT2D eigenvalue weighted by molar-refractivity contribution is 0.102. The molecule has 0 fully saturated rings. The summed E-state index contributed by atoms with van der Waals surface area (Å²) in [6, 6.07) is 5.02. The molecule has 1 aromatic rings. The Morgan fingerprint density at radius 3 is 2.47 bits per heavy atom. The maximum absolute atomic E-state index is 12.0. The van der Waals surface area contributed by atoms with E-state index in [1.54, 1.807) is 30.0 Å². The number of hydrogen-bond donors (Lipinski definition) is 0. The van der Waals surface area contributed by atoms with E-state index in [-0.39, 0.29) is 5.78 Å². The van der Waals surface area contributed by atoms with Crippen LogP contribution in [0.2, 0.25) is 10.0 Å². The Hall–Kier alpha value is -0.220. The van der Waals surface area contributed by atoms with Crippen molar-refractivity contribution in [2.75, 3.05) is 31.1 Å². The van der Waals surface area contributed by atoms with Gasteiger partial charge in [-0.2, -0.15) is 11.8 Å². The van der Waals surface area contributed by atoms with Gasteiger partial charge in [0, 0.05) is 17.9 Å². The quantitative estimate of drug-likeness (QED) is 0.527. The fourth-order valence-corrected chi connectivity index (χ4v) is 2.83. The fraction of sp³-hybridized carbons (Fsp3) is 0.500. The molecule has 0 unspecified atom stereocenters. The lowest BCUT2D eigenvalue weighted by Crippen LogP contribution is -2.25. The lowest BCUT2D eigenvalue weighted by atomic mass is 10.1. The molecule has 0 bridgehead atoms. The third-order valence-electron chi connectivity index (χ3n) is 2.92. The highest BCUT2D eigenvalue weighted by atomic mass is 35.5. The summed E-state index contributed by atoms with van der Waals surface area (Å²) >= 11 is 13.4. The molecule has 0 amide bonds. The van der Waals surface area contributed by atoms with Gasteiger partial charge in [-0.05, 0) is 31.3 Å². The summed E-state index contributed by atoms with van der Waals surface area (Å²) in [5.41, 5.74) is 0.629. The number of hydrogen-bond acceptors (Lipinski definition) is 3. The molecular weight excluding hydrogens is 301 g/mol. The molecule has 19 heavy (non-hydrogen) atoms. The molecule has 2 nitrogen and oxygen atoms in total. The molecule has 0 atom stereocenters. The summed E-state index contributed by atoms with van der Waals surface area (Å²) in [5, 5.41) is 0.910. The monoisotopic (exact) mass is 319 g/mol. The number of ketones is 1. The molecule has 0 heterocycles. The number of halogens is 2. The van der Waals surface area contributed by atoms with Crippen molar-refractivity contribution < 1.29 is 4.79 Å². The number of nitrogens with zero attached hydrogens (tertiary/aromatic N) is 1. The highest BCUT2D eigenvalue weighted by Crippen LogP contribution is 2.23. The Morgan fingerprint density at radius 1 is 1.21 bits per heavy atom. The van der Waals surface area contributed by atoms with E-state index >= 15 is 0 Å². The Bertz CT molecular complexity index is 422. The third kappa shape index (κ3) is 5.74. The van der Waals surface area contributed by atoms with E-state index in [4.69, 9.17) is 23.2 Å². The maximum Gasteiger partial charge on any atom is 0.172 e. The first kappa shape index (κ1) is 16.8. The van der Waals surface area contributed by atoms with Gasteiger partial charge in [0.2, 0.25) is 0 Å². The first-order chi connectivity index (χ1) is 9.08. The highest BCUT2D eigenvalue weighted by molar-refractivity contribution is 8.00. The molecule has 0 aliphatic heterocycles. The SMILES string of the molecule is CCN(CC)CCSCC(=O)c1ccc(Cl)c(Cl)c1. The van der Waals surface area contributed by atoms with Crippen molar-refractivity contribution in [2.24, 2.45) is 0 Å². The van der Waals surface area contributed by atoms with Crippen molar-refractivity contribution in [3.63, 3.8) is 0 Å². The highest BCUT2D eigenvalue weighted by Gasteiger charge is 2.08. The number of carbonyl (C=O) groups is 1. The smallest absolute Gasteiger partial charge is 0.172 e. The van der Waals surface area contributed by atoms with Crippen LogP contribution in [0.15, 0.2) is 18.2 Å². The first-order valence-corrected chi connectivity index (χ1v) is 8.27. The number of Topliss-reactive ketones (excluding diaryl/α,β-unsaturated/α-hetero) is 1. The number of rotatable bonds is 8. The zero-order valence-corrected chi connectivity index (χ0v) is 13.6. The van der Waals surface area contributed by atoms with Crippen LogP contribution in [0.3, 0.4) is 0 Å². The predicted octanol–water partition coefficient (Wildman–Crippen LogP) is 4.25. The molecule has 0 radical (unpaired) electrons. The Labute approximate surface area is 129 Å². The van der Waals surface area contributed by atoms with Crippen LogP contribution in [-0.4, -0.2) is 41.8 Å². The third-order valence-corrected chi connectivity index (χ3v) is 4.60. The molecule has 5 heteroatoms. The molecule has 0 saturated carbocycles. The van der Waals surface area contributed by atoms with E-state index < -0.39 is 0 Å². The van der Waals surface area contributed by atoms with Gasteiger partial charge in [0.25, 0.3) is 0 Å². The van der Waals surface area contributed by atoms with Crippen LogP contribution in [0, 0.1) is 0 Å². The summed E-state index contributed by atoms with van der Waals surface area (Å²) in [6.45, 7) is 7.42. The van der Waals surface area contributed by atoms with Gasteiger partial charge < -0.3 is 4.90 Å². The molecule has 0 saturated heterocycles. The van der Waals surface area contributed by atoms with Crippen molar-refractivity contribution in [1.82, 2.24) is 4.90 Å². The van der Waals surface area contributed by atoms with Gasteiger partial charge in [-0.3, -0.25) is 4.79 Å². The van der Waals surface area contributed by atoms with Crippen molar-refractivity contribution in [1.29, 1.82) is 0 Å². The molecule has 106 valence electrons. The first-order valence-electron chi connectivity index (χ1n) is 6.36. The number of carbonyl (C=O) groups excluding carboxylic acids is 1. The topological polar surface area (TPSA) is 20.3 Å². The predicted molar refractivity (Wildman–Crippen MR) is 85.9 cm³/mol. The maximum atomic E-state index is 12.0. The van der Waals surface area contributed by atoms with E-state index in [2.05, 4.69) is 18.7 Å². The van der Waals surface area contributed by atoms with Gasteiger partial charge in [-0.15, -0.1) is 0 Å². The molecule has 0 aromatic heterocycles. The summed E-state index contributed by atoms with van der Waals surface area (Å²) in [5.74, 6) is 1.55. The van der Waals surface area contributed by atoms with Crippen LogP contribution in [0.25, 0.3) is 0 Å². The number of thioether (sulfide) groups is 1. The second kappa shape index (κ2) is 8.85. The van der Waals surface area contributed by atoms with Gasteiger partial charge in [-0.1, -0.05) is 37.0 Å². The Balaban J connectivity index is 2.37. The summed E-state index contributed by atoms with van der Waals surface area (Å²) < 4.78 is 0. The minimum Gasteiger partial charge on any atom is -0.303 e. The molecule has 1 rings (SSSR count). The van der Waals surface area contributed by atoms with Crippen molar-refractivity contribution in [3.05, 3.63) is 33.8 Å². The zero-order valence-electron chi connectivity index (χ0n) is 11.3. The van der Waals surface area contributed by atoms with E-state index in [0.717, 1.165) is 25.4 Å². The van der Waals surface area contributed by atoms with Crippen molar-refractivity contribution in [2.45, 2.75) is 13.8 Å². The average molecular weight is 320 g/mol. The standard InChI is InChI=1S/C14H19Cl2NOS/c1-3-17(4-2)7-8-19-10-14(18)11-5-6-12(15)13(16)9-11/h5-6,9H,3-4,7-8,10H2,1-2H3. The van der Waals surface area contributed by atoms with Gasteiger partial charge in [0.1, 0.15) is 0 Å². The van der Waals surface area contributed by atoms with Crippen LogP contribution in [0.5, 0.6) is 0 Å². The summed E-state index contributed by atoms with van der Waals surface area (Å²) in [7, 11) is 0. The Morgan fingerprint density at radius 2 is 1.89 bits per heavy atom. The van der Waals surface area contributed by atoms with E-state index in [0.29, 0.717) is 21.4 Å². The van der Waals surface area contributed by atoms with Crippen LogP contribution >= 0.6 is 35.0 Å². The van der Waals surface area contributed by atoms with E-state index in [1.165, 1.54) is 0 Å². The minimum atomic E-state index is 0.100. The van der Waals surface area contributed by atoms with Crippen LogP contribution in [0.4, 0.5) is 0 Å². The van der Waals surface area contributed by atoms with Crippen molar-refractivity contribution in [3.8, 4) is 0 Å². The molecule has 0 aliphatic rings. The van der Waals surface area contributed by atoms with Crippen LogP contribution in [-0.2, 0) is 0 Å². The van der Waals surface area contributed by atoms with Gasteiger partial charge in [0.15, 0.2) is 5.78 Å². The summed E-state index contributed by atoms with van der Waals surface area (Å²) in [4.78, 5) is 14.3. The average Bonchev–Trinajstić information content (AvgIpc) is 2.42. The minimum absolute atomic E-state index is 0.100. The second-order valence-electron chi connectivity index (χ2n) is 4.13. The normalized spacial score (nSPS) is 11.0. The van der Waals surface area contributed by atoms with Gasteiger partial charge in [0.05, 0.1) is 15.8 Å². The van der Waals surface area contributed by atoms with Crippen LogP contribution < -0.4 is 0 Å². The zero-order chi connectivity index (χ0) is 14.3. The van der Waals surface area contributed by atoms with Gasteiger partial charge >= 0.3 is 0 Å². The van der Waals surface area contributed by atoms with Crippen LogP contribution in [0.1, 0.15) is 24.2 Å². The molecule has 1 aromatic carbocycles. The second-order valence-corrected chi connectivity index (χ2v) is 6.05. The van der Waals surface area contributed by atoms with E-state index in [9.17, 15) is 4.79 Å². The van der Waals surface area contributed by atoms with Crippen molar-refractivity contribution >= 4 is 40.7 Å². The van der Waals surface area contributed by atoms with Gasteiger partial charge in [-0.25, -0.2) is 0 Å². The molecule has 0 N–H and O–H groups in total. The lowest BCUT2D eigenvalue weighted by Gasteiger charge is -2.17. The van der Waals surface area contributed by atoms with E-state index in [1.807, 2.05) is 0 Å².